The van der Waals surface area contributed by atoms with Crippen molar-refractivity contribution < 1.29 is 0 Å². The number of hydrogen-bond donors (Lipinski definition) is 1. The van der Waals surface area contributed by atoms with Crippen molar-refractivity contribution in [2.75, 3.05) is 0 Å². The van der Waals surface area contributed by atoms with Crippen LogP contribution in [-0.4, -0.2) is 19.7 Å². The summed E-state index contributed by atoms with van der Waals surface area (Å²) in [5.74, 6) is 1.02. The van der Waals surface area contributed by atoms with Crippen molar-refractivity contribution in [2.45, 2.75) is 39.7 Å². The van der Waals surface area contributed by atoms with Gasteiger partial charge in [0.1, 0.15) is 10.8 Å². The van der Waals surface area contributed by atoms with Crippen molar-refractivity contribution in [1.29, 1.82) is 0 Å². The Morgan fingerprint density at radius 2 is 2.29 bits per heavy atom. The number of nitrogens with zero attached hydrogens (tertiary/aromatic N) is 3. The van der Waals surface area contributed by atoms with Crippen LogP contribution in [0.5, 0.6) is 0 Å². The van der Waals surface area contributed by atoms with E-state index in [9.17, 15) is 0 Å². The van der Waals surface area contributed by atoms with E-state index in [1.54, 1.807) is 11.3 Å². The topological polar surface area (TPSA) is 46.5 Å². The van der Waals surface area contributed by atoms with Crippen LogP contribution < -0.4 is 0 Å². The van der Waals surface area contributed by atoms with E-state index >= 15 is 0 Å². The molecule has 0 aliphatic rings. The molecule has 6 heteroatoms. The number of hydrogen-bond acceptors (Lipinski definition) is 4. The summed E-state index contributed by atoms with van der Waals surface area (Å²) in [6.45, 7) is 5.01. The van der Waals surface area contributed by atoms with Gasteiger partial charge in [-0.15, -0.1) is 11.3 Å². The molecule has 2 rings (SSSR count). The molecule has 0 bridgehead atoms. The molecule has 0 fully saturated rings. The number of nitrogens with one attached hydrogen (secondary N) is 1. The van der Waals surface area contributed by atoms with Crippen molar-refractivity contribution in [3.8, 4) is 0 Å². The number of aromatic amines is 1. The maximum Gasteiger partial charge on any atom is 0.195 e. The van der Waals surface area contributed by atoms with Gasteiger partial charge in [-0.2, -0.15) is 5.10 Å². The predicted octanol–water partition coefficient (Wildman–Crippen LogP) is 2.96. The third-order valence-electron chi connectivity index (χ3n) is 2.55. The molecule has 0 amide bonds. The zero-order valence-electron chi connectivity index (χ0n) is 10.1. The van der Waals surface area contributed by atoms with Crippen LogP contribution in [0.25, 0.3) is 0 Å². The Labute approximate surface area is 110 Å². The van der Waals surface area contributed by atoms with Gasteiger partial charge in [0.25, 0.3) is 0 Å². The zero-order chi connectivity index (χ0) is 12.3. The molecular formula is C11H16N4S2. The van der Waals surface area contributed by atoms with Crippen LogP contribution in [0.1, 0.15) is 36.0 Å². The van der Waals surface area contributed by atoms with Crippen molar-refractivity contribution >= 4 is 23.6 Å². The van der Waals surface area contributed by atoms with Gasteiger partial charge in [0.2, 0.25) is 0 Å². The molecule has 0 unspecified atom stereocenters. The number of rotatable bonds is 5. The molecule has 2 aromatic heterocycles. The molecule has 17 heavy (non-hydrogen) atoms. The first-order chi connectivity index (χ1) is 8.24. The molecular weight excluding hydrogens is 252 g/mol. The van der Waals surface area contributed by atoms with Crippen LogP contribution in [0.4, 0.5) is 0 Å². The predicted molar refractivity (Wildman–Crippen MR) is 72.0 cm³/mol. The lowest BCUT2D eigenvalue weighted by Crippen LogP contribution is -2.05. The lowest BCUT2D eigenvalue weighted by Gasteiger charge is -2.02. The van der Waals surface area contributed by atoms with Crippen molar-refractivity contribution in [3.63, 3.8) is 0 Å². The molecule has 92 valence electrons. The number of H-pyrrole nitrogens is 1. The number of aryl methyl sites for hydroxylation is 2. The largest absolute Gasteiger partial charge is 0.297 e. The summed E-state index contributed by atoms with van der Waals surface area (Å²) in [6, 6.07) is 0. The second-order valence-corrected chi connectivity index (χ2v) is 5.44. The average molecular weight is 268 g/mol. The maximum atomic E-state index is 5.24. The molecule has 0 aliphatic heterocycles. The normalized spacial score (nSPS) is 10.9. The van der Waals surface area contributed by atoms with E-state index in [1.807, 2.05) is 10.8 Å². The van der Waals surface area contributed by atoms with Gasteiger partial charge >= 0.3 is 0 Å². The second kappa shape index (κ2) is 5.55. The molecule has 0 aromatic carbocycles. The van der Waals surface area contributed by atoms with Crippen molar-refractivity contribution in [2.24, 2.45) is 0 Å². The highest BCUT2D eigenvalue weighted by Crippen LogP contribution is 2.15. The van der Waals surface area contributed by atoms with Crippen molar-refractivity contribution in [3.05, 3.63) is 26.7 Å². The summed E-state index contributed by atoms with van der Waals surface area (Å²) in [4.78, 5) is 5.73. The molecule has 0 aliphatic carbocycles. The number of thiazole rings is 1. The average Bonchev–Trinajstić information content (AvgIpc) is 2.91. The van der Waals surface area contributed by atoms with E-state index < -0.39 is 0 Å². The minimum Gasteiger partial charge on any atom is -0.297 e. The molecule has 0 radical (unpaired) electrons. The van der Waals surface area contributed by atoms with E-state index in [1.165, 1.54) is 4.88 Å². The first-order valence-corrected chi connectivity index (χ1v) is 7.04. The van der Waals surface area contributed by atoms with Crippen molar-refractivity contribution in [1.82, 2.24) is 19.7 Å². The fourth-order valence-corrected chi connectivity index (χ4v) is 2.71. The molecule has 0 saturated carbocycles. The molecule has 0 atom stereocenters. The fraction of sp³-hybridized carbons (Fsp3) is 0.545. The molecule has 0 saturated heterocycles. The first-order valence-electron chi connectivity index (χ1n) is 5.82. The molecule has 0 spiro atoms. The molecule has 1 N–H and O–H groups in total. The summed E-state index contributed by atoms with van der Waals surface area (Å²) in [5.41, 5.74) is 0. The Hall–Kier alpha value is -1.01. The Bertz CT molecular complexity index is 538. The highest BCUT2D eigenvalue weighted by molar-refractivity contribution is 7.71. The minimum atomic E-state index is 0.682. The highest BCUT2D eigenvalue weighted by Gasteiger charge is 2.08. The van der Waals surface area contributed by atoms with E-state index in [-0.39, 0.29) is 0 Å². The van der Waals surface area contributed by atoms with Crippen LogP contribution in [0.3, 0.4) is 0 Å². The van der Waals surface area contributed by atoms with E-state index in [2.05, 4.69) is 29.0 Å². The standard InChI is InChI=1S/C11H16N4S2/c1-3-5-9-13-14-11(16)15(9)7-10-12-6-8(4-2)17-10/h6H,3-5,7H2,1-2H3,(H,14,16). The molecule has 2 heterocycles. The van der Waals surface area contributed by atoms with Gasteiger partial charge in [-0.05, 0) is 25.1 Å². The van der Waals surface area contributed by atoms with Gasteiger partial charge in [-0.25, -0.2) is 4.98 Å². The molecule has 4 nitrogen and oxygen atoms in total. The van der Waals surface area contributed by atoms with E-state index in [0.29, 0.717) is 4.77 Å². The summed E-state index contributed by atoms with van der Waals surface area (Å²) in [5, 5.41) is 8.20. The van der Waals surface area contributed by atoms with Gasteiger partial charge in [0.15, 0.2) is 4.77 Å². The quantitative estimate of drug-likeness (QED) is 0.848. The first kappa shape index (κ1) is 12.4. The minimum absolute atomic E-state index is 0.682. The summed E-state index contributed by atoms with van der Waals surface area (Å²) in [6.07, 6.45) is 5.00. The maximum absolute atomic E-state index is 5.24. The fourth-order valence-electron chi connectivity index (χ4n) is 1.65. The van der Waals surface area contributed by atoms with E-state index in [4.69, 9.17) is 12.2 Å². The third kappa shape index (κ3) is 2.81. The van der Waals surface area contributed by atoms with Crippen LogP contribution in [0, 0.1) is 4.77 Å². The van der Waals surface area contributed by atoms with Crippen LogP contribution in [0.15, 0.2) is 6.20 Å². The van der Waals surface area contributed by atoms with Gasteiger partial charge in [-0.1, -0.05) is 13.8 Å². The smallest absolute Gasteiger partial charge is 0.195 e. The Morgan fingerprint density at radius 1 is 1.47 bits per heavy atom. The Kier molecular flexibility index (Phi) is 4.06. The number of aromatic nitrogens is 4. The zero-order valence-corrected chi connectivity index (χ0v) is 11.7. The highest BCUT2D eigenvalue weighted by atomic mass is 32.1. The Morgan fingerprint density at radius 3 is 2.94 bits per heavy atom. The second-order valence-electron chi connectivity index (χ2n) is 3.85. The van der Waals surface area contributed by atoms with E-state index in [0.717, 1.165) is 36.6 Å². The van der Waals surface area contributed by atoms with Gasteiger partial charge in [-0.3, -0.25) is 9.67 Å². The summed E-state index contributed by atoms with van der Waals surface area (Å²) in [7, 11) is 0. The lowest BCUT2D eigenvalue weighted by atomic mass is 10.3. The summed E-state index contributed by atoms with van der Waals surface area (Å²) >= 11 is 6.99. The van der Waals surface area contributed by atoms with Gasteiger partial charge in [0, 0.05) is 17.5 Å². The van der Waals surface area contributed by atoms with Crippen LogP contribution in [0.2, 0.25) is 0 Å². The summed E-state index contributed by atoms with van der Waals surface area (Å²) < 4.78 is 2.72. The van der Waals surface area contributed by atoms with Gasteiger partial charge < -0.3 is 0 Å². The third-order valence-corrected chi connectivity index (χ3v) is 3.99. The van der Waals surface area contributed by atoms with Crippen LogP contribution in [-0.2, 0) is 19.4 Å². The lowest BCUT2D eigenvalue weighted by molar-refractivity contribution is 0.696. The van der Waals surface area contributed by atoms with Crippen LogP contribution >= 0.6 is 23.6 Å². The van der Waals surface area contributed by atoms with Gasteiger partial charge in [0.05, 0.1) is 6.54 Å². The molecule has 2 aromatic rings. The SMILES string of the molecule is CCCc1n[nH]c(=S)n1Cc1ncc(CC)s1. The monoisotopic (exact) mass is 268 g/mol. The Balaban J connectivity index is 2.22.